The zero-order chi connectivity index (χ0) is 12.8. The summed E-state index contributed by atoms with van der Waals surface area (Å²) in [6, 6.07) is 2.89. The van der Waals surface area contributed by atoms with Gasteiger partial charge in [-0.1, -0.05) is 0 Å². The van der Waals surface area contributed by atoms with Crippen molar-refractivity contribution < 1.29 is 19.1 Å². The van der Waals surface area contributed by atoms with Crippen LogP contribution in [0.4, 0.5) is 9.18 Å². The molecule has 1 heterocycles. The van der Waals surface area contributed by atoms with Crippen LogP contribution >= 0.6 is 0 Å². The number of carbonyl (C=O) groups is 2. The van der Waals surface area contributed by atoms with Gasteiger partial charge in [0.2, 0.25) is 0 Å². The van der Waals surface area contributed by atoms with Crippen molar-refractivity contribution in [3.8, 4) is 5.75 Å². The van der Waals surface area contributed by atoms with Crippen molar-refractivity contribution in [2.75, 3.05) is 7.05 Å². The van der Waals surface area contributed by atoms with E-state index >= 15 is 0 Å². The fourth-order valence-corrected chi connectivity index (χ4v) is 1.86. The summed E-state index contributed by atoms with van der Waals surface area (Å²) in [5, 5.41) is 11.2. The molecule has 1 aliphatic rings. The highest BCUT2D eigenvalue weighted by atomic mass is 19.1. The van der Waals surface area contributed by atoms with E-state index in [1.54, 1.807) is 0 Å². The molecule has 0 aliphatic carbocycles. The minimum Gasteiger partial charge on any atom is -0.508 e. The number of nitrogens with zero attached hydrogens (tertiary/aromatic N) is 1. The molecule has 17 heavy (non-hydrogen) atoms. The van der Waals surface area contributed by atoms with Gasteiger partial charge in [-0.05, 0) is 19.1 Å². The standard InChI is InChI=1S/C11H11FN2O3/c1-11(9(16)13-10(17)14(11)2)7-4-3-6(15)5-8(7)12/h3-5,15H,1-2H3,(H,13,16,17). The second-order valence-electron chi connectivity index (χ2n) is 4.05. The molecule has 1 fully saturated rings. The summed E-state index contributed by atoms with van der Waals surface area (Å²) in [5.41, 5.74) is -1.35. The molecule has 3 amide bonds. The number of rotatable bonds is 1. The lowest BCUT2D eigenvalue weighted by atomic mass is 9.90. The Morgan fingerprint density at radius 1 is 1.41 bits per heavy atom. The average molecular weight is 238 g/mol. The van der Waals surface area contributed by atoms with Crippen LogP contribution in [0.5, 0.6) is 5.75 Å². The molecular weight excluding hydrogens is 227 g/mol. The largest absolute Gasteiger partial charge is 0.508 e. The maximum Gasteiger partial charge on any atom is 0.325 e. The lowest BCUT2D eigenvalue weighted by Crippen LogP contribution is -2.42. The maximum atomic E-state index is 13.7. The van der Waals surface area contributed by atoms with Gasteiger partial charge in [0, 0.05) is 18.7 Å². The van der Waals surface area contributed by atoms with Gasteiger partial charge in [0.25, 0.3) is 5.91 Å². The van der Waals surface area contributed by atoms with E-state index in [2.05, 4.69) is 5.32 Å². The Kier molecular flexibility index (Phi) is 2.30. The van der Waals surface area contributed by atoms with Gasteiger partial charge in [0.05, 0.1) is 0 Å². The van der Waals surface area contributed by atoms with Gasteiger partial charge in [-0.2, -0.15) is 0 Å². The first-order chi connectivity index (χ1) is 7.87. The molecule has 1 unspecified atom stereocenters. The molecule has 6 heteroatoms. The second-order valence-corrected chi connectivity index (χ2v) is 4.05. The van der Waals surface area contributed by atoms with Crippen molar-refractivity contribution in [2.24, 2.45) is 0 Å². The van der Waals surface area contributed by atoms with E-state index in [4.69, 9.17) is 5.11 Å². The Bertz CT molecular complexity index is 517. The third kappa shape index (κ3) is 1.44. The molecule has 5 nitrogen and oxygen atoms in total. The molecule has 2 N–H and O–H groups in total. The fraction of sp³-hybridized carbons (Fsp3) is 0.273. The molecule has 1 aromatic rings. The van der Waals surface area contributed by atoms with Crippen molar-refractivity contribution in [1.82, 2.24) is 10.2 Å². The first-order valence-electron chi connectivity index (χ1n) is 4.95. The number of amides is 3. The third-order valence-electron chi connectivity index (χ3n) is 3.12. The van der Waals surface area contributed by atoms with E-state index in [0.29, 0.717) is 0 Å². The number of halogens is 1. The molecular formula is C11H11FN2O3. The van der Waals surface area contributed by atoms with E-state index in [9.17, 15) is 14.0 Å². The number of benzene rings is 1. The topological polar surface area (TPSA) is 69.6 Å². The van der Waals surface area contributed by atoms with Crippen LogP contribution in [0.15, 0.2) is 18.2 Å². The number of hydrogen-bond acceptors (Lipinski definition) is 3. The summed E-state index contributed by atoms with van der Waals surface area (Å²) in [6.45, 7) is 1.45. The number of hydrogen-bond donors (Lipinski definition) is 2. The minimum absolute atomic E-state index is 0.0427. The molecule has 1 atom stereocenters. The fourth-order valence-electron chi connectivity index (χ4n) is 1.86. The summed E-state index contributed by atoms with van der Waals surface area (Å²) in [5.74, 6) is -1.55. The summed E-state index contributed by atoms with van der Waals surface area (Å²) in [4.78, 5) is 24.3. The molecule has 0 bridgehead atoms. The maximum absolute atomic E-state index is 13.7. The van der Waals surface area contributed by atoms with Crippen molar-refractivity contribution in [3.63, 3.8) is 0 Å². The molecule has 0 aromatic heterocycles. The van der Waals surface area contributed by atoms with Crippen molar-refractivity contribution >= 4 is 11.9 Å². The van der Waals surface area contributed by atoms with E-state index in [0.717, 1.165) is 11.0 Å². The van der Waals surface area contributed by atoms with Gasteiger partial charge in [-0.3, -0.25) is 10.1 Å². The van der Waals surface area contributed by atoms with Crippen molar-refractivity contribution in [2.45, 2.75) is 12.5 Å². The smallest absolute Gasteiger partial charge is 0.325 e. The van der Waals surface area contributed by atoms with E-state index in [-0.39, 0.29) is 11.3 Å². The predicted molar refractivity (Wildman–Crippen MR) is 56.7 cm³/mol. The monoisotopic (exact) mass is 238 g/mol. The SMILES string of the molecule is CN1C(=O)NC(=O)C1(C)c1ccc(O)cc1F. The molecule has 1 saturated heterocycles. The highest BCUT2D eigenvalue weighted by Gasteiger charge is 2.49. The van der Waals surface area contributed by atoms with Gasteiger partial charge >= 0.3 is 6.03 Å². The predicted octanol–water partition coefficient (Wildman–Crippen LogP) is 0.928. The molecule has 1 aliphatic heterocycles. The van der Waals surface area contributed by atoms with Gasteiger partial charge < -0.3 is 10.0 Å². The van der Waals surface area contributed by atoms with Crippen molar-refractivity contribution in [3.05, 3.63) is 29.6 Å². The third-order valence-corrected chi connectivity index (χ3v) is 3.12. The lowest BCUT2D eigenvalue weighted by Gasteiger charge is -2.29. The summed E-state index contributed by atoms with van der Waals surface area (Å²) in [7, 11) is 1.41. The number of urea groups is 1. The van der Waals surface area contributed by atoms with Crippen LogP contribution in [-0.4, -0.2) is 29.0 Å². The highest BCUT2D eigenvalue weighted by molar-refractivity contribution is 6.07. The Morgan fingerprint density at radius 3 is 2.53 bits per heavy atom. The zero-order valence-corrected chi connectivity index (χ0v) is 9.32. The van der Waals surface area contributed by atoms with Gasteiger partial charge in [-0.25, -0.2) is 9.18 Å². The van der Waals surface area contributed by atoms with Crippen LogP contribution in [0.3, 0.4) is 0 Å². The van der Waals surface area contributed by atoms with Crippen molar-refractivity contribution in [1.29, 1.82) is 0 Å². The molecule has 0 spiro atoms. The van der Waals surface area contributed by atoms with Crippen LogP contribution in [0.2, 0.25) is 0 Å². The number of phenols is 1. The van der Waals surface area contributed by atoms with Crippen LogP contribution in [0.1, 0.15) is 12.5 Å². The lowest BCUT2D eigenvalue weighted by molar-refractivity contribution is -0.126. The Morgan fingerprint density at radius 2 is 2.06 bits per heavy atom. The highest BCUT2D eigenvalue weighted by Crippen LogP contribution is 2.34. The van der Waals surface area contributed by atoms with E-state index in [1.807, 2.05) is 0 Å². The molecule has 2 rings (SSSR count). The molecule has 0 radical (unpaired) electrons. The summed E-state index contributed by atoms with van der Waals surface area (Å²) >= 11 is 0. The van der Waals surface area contributed by atoms with Crippen LogP contribution in [-0.2, 0) is 10.3 Å². The zero-order valence-electron chi connectivity index (χ0n) is 9.32. The first-order valence-corrected chi connectivity index (χ1v) is 4.95. The van der Waals surface area contributed by atoms with Gasteiger partial charge in [0.1, 0.15) is 17.1 Å². The molecule has 90 valence electrons. The average Bonchev–Trinajstić information content (AvgIpc) is 2.43. The minimum atomic E-state index is -1.39. The Labute approximate surface area is 96.8 Å². The van der Waals surface area contributed by atoms with Gasteiger partial charge in [-0.15, -0.1) is 0 Å². The van der Waals surface area contributed by atoms with E-state index < -0.39 is 23.3 Å². The van der Waals surface area contributed by atoms with Crippen LogP contribution in [0, 0.1) is 5.82 Å². The molecule has 1 aromatic carbocycles. The van der Waals surface area contributed by atoms with E-state index in [1.165, 1.54) is 26.1 Å². The summed E-state index contributed by atoms with van der Waals surface area (Å²) < 4.78 is 13.7. The van der Waals surface area contributed by atoms with Crippen LogP contribution in [0.25, 0.3) is 0 Å². The number of likely N-dealkylation sites (N-methyl/N-ethyl adjacent to an activating group) is 1. The molecule has 0 saturated carbocycles. The number of carbonyl (C=O) groups excluding carboxylic acids is 2. The number of imide groups is 1. The second kappa shape index (κ2) is 3.44. The number of phenolic OH excluding ortho intramolecular Hbond substituents is 1. The first kappa shape index (κ1) is 11.4. The Balaban J connectivity index is 2.58. The Hall–Kier alpha value is -2.11. The summed E-state index contributed by atoms with van der Waals surface area (Å²) in [6.07, 6.45) is 0. The number of nitrogens with one attached hydrogen (secondary N) is 1. The number of aromatic hydroxyl groups is 1. The van der Waals surface area contributed by atoms with Crippen LogP contribution < -0.4 is 5.32 Å². The van der Waals surface area contributed by atoms with Gasteiger partial charge in [0.15, 0.2) is 0 Å². The normalized spacial score (nSPS) is 24.1. The quantitative estimate of drug-likeness (QED) is 0.715.